The lowest BCUT2D eigenvalue weighted by atomic mass is 10.4. The smallest absolute Gasteiger partial charge is 0.208 e. The first-order valence-electron chi connectivity index (χ1n) is 5.29. The van der Waals surface area contributed by atoms with Gasteiger partial charge >= 0.3 is 0 Å². The molecule has 0 aliphatic rings. The normalized spacial score (nSPS) is 11.6. The van der Waals surface area contributed by atoms with Crippen LogP contribution in [0.25, 0.3) is 0 Å². The van der Waals surface area contributed by atoms with E-state index >= 15 is 0 Å². The van der Waals surface area contributed by atoms with E-state index in [-0.39, 0.29) is 0 Å². The lowest BCUT2D eigenvalue weighted by Crippen LogP contribution is -2.42. The molecule has 1 rings (SSSR count). The van der Waals surface area contributed by atoms with Crippen molar-refractivity contribution in [3.05, 3.63) is 16.1 Å². The van der Waals surface area contributed by atoms with E-state index in [1.54, 1.807) is 18.4 Å². The summed E-state index contributed by atoms with van der Waals surface area (Å²) < 4.78 is 4.94. The Morgan fingerprint density at radius 2 is 2.47 bits per heavy atom. The number of rotatable bonds is 5. The van der Waals surface area contributed by atoms with Gasteiger partial charge in [0.25, 0.3) is 0 Å². The van der Waals surface area contributed by atoms with Crippen molar-refractivity contribution in [1.29, 1.82) is 0 Å². The number of ether oxygens (including phenoxy) is 1. The number of nitrogens with one attached hydrogen (secondary N) is 1. The third-order valence-corrected chi connectivity index (χ3v) is 3.19. The molecule has 0 aliphatic heterocycles. The van der Waals surface area contributed by atoms with Crippen molar-refractivity contribution in [2.75, 3.05) is 27.3 Å². The first-order valence-corrected chi connectivity index (χ1v) is 6.17. The summed E-state index contributed by atoms with van der Waals surface area (Å²) in [6.07, 6.45) is 0. The Morgan fingerprint density at radius 3 is 3.00 bits per heavy atom. The maximum atomic E-state index is 5.45. The number of hydrogen-bond donors (Lipinski definition) is 2. The zero-order valence-electron chi connectivity index (χ0n) is 10.4. The average Bonchev–Trinajstić information content (AvgIpc) is 2.70. The summed E-state index contributed by atoms with van der Waals surface area (Å²) in [5.41, 5.74) is 5.49. The minimum Gasteiger partial charge on any atom is -0.383 e. The van der Waals surface area contributed by atoms with E-state index in [0.717, 1.165) is 12.2 Å². The van der Waals surface area contributed by atoms with Crippen LogP contribution in [-0.4, -0.2) is 43.2 Å². The third kappa shape index (κ3) is 4.29. The summed E-state index contributed by atoms with van der Waals surface area (Å²) in [4.78, 5) is 11.7. The van der Waals surface area contributed by atoms with Crippen molar-refractivity contribution < 1.29 is 4.74 Å². The van der Waals surface area contributed by atoms with Crippen LogP contribution in [0.15, 0.2) is 10.5 Å². The van der Waals surface area contributed by atoms with Crippen LogP contribution < -0.4 is 11.3 Å². The number of nitrogens with zero attached hydrogens (tertiary/aromatic N) is 3. The molecule has 1 aromatic rings. The van der Waals surface area contributed by atoms with Gasteiger partial charge in [-0.15, -0.1) is 11.3 Å². The highest BCUT2D eigenvalue weighted by Crippen LogP contribution is 2.13. The molecular weight excluding hydrogens is 238 g/mol. The molecule has 0 bridgehead atoms. The maximum absolute atomic E-state index is 5.45. The van der Waals surface area contributed by atoms with Gasteiger partial charge in [0.1, 0.15) is 0 Å². The monoisotopic (exact) mass is 257 g/mol. The molecule has 0 aliphatic carbocycles. The highest BCUT2D eigenvalue weighted by Gasteiger charge is 2.08. The Bertz CT molecular complexity index is 365. The van der Waals surface area contributed by atoms with Crippen molar-refractivity contribution in [1.82, 2.24) is 15.3 Å². The van der Waals surface area contributed by atoms with Gasteiger partial charge in [0.2, 0.25) is 5.96 Å². The highest BCUT2D eigenvalue weighted by atomic mass is 32.1. The topological polar surface area (TPSA) is 75.8 Å². The number of thiazole rings is 1. The number of hydrogen-bond acceptors (Lipinski definition) is 5. The van der Waals surface area contributed by atoms with Crippen molar-refractivity contribution in [2.24, 2.45) is 10.8 Å². The van der Waals surface area contributed by atoms with E-state index in [9.17, 15) is 0 Å². The van der Waals surface area contributed by atoms with Gasteiger partial charge in [0.15, 0.2) is 0 Å². The van der Waals surface area contributed by atoms with Crippen LogP contribution in [0.4, 0.5) is 0 Å². The van der Waals surface area contributed by atoms with E-state index in [1.165, 1.54) is 4.88 Å². The number of methoxy groups -OCH3 is 1. The summed E-state index contributed by atoms with van der Waals surface area (Å²) in [7, 11) is 3.58. The van der Waals surface area contributed by atoms with Crippen LogP contribution in [-0.2, 0) is 11.3 Å². The number of aliphatic imine (C=N–C) groups is 1. The fourth-order valence-corrected chi connectivity index (χ4v) is 2.12. The maximum Gasteiger partial charge on any atom is 0.208 e. The molecule has 6 nitrogen and oxygen atoms in total. The molecule has 1 aromatic heterocycles. The van der Waals surface area contributed by atoms with Crippen LogP contribution in [0.2, 0.25) is 0 Å². The molecule has 17 heavy (non-hydrogen) atoms. The summed E-state index contributed by atoms with van der Waals surface area (Å²) in [6.45, 7) is 3.91. The number of hydrazine groups is 1. The average molecular weight is 257 g/mol. The predicted octanol–water partition coefficient (Wildman–Crippen LogP) is 0.349. The van der Waals surface area contributed by atoms with Crippen molar-refractivity contribution in [3.63, 3.8) is 0 Å². The van der Waals surface area contributed by atoms with E-state index in [4.69, 9.17) is 10.6 Å². The quantitative estimate of drug-likeness (QED) is 0.262. The van der Waals surface area contributed by atoms with E-state index in [2.05, 4.69) is 15.4 Å². The Balaban J connectivity index is 2.57. The summed E-state index contributed by atoms with van der Waals surface area (Å²) in [6, 6.07) is 0. The molecule has 1 heterocycles. The Hall–Kier alpha value is -1.18. The lowest BCUT2D eigenvalue weighted by molar-refractivity contribution is 0.207. The van der Waals surface area contributed by atoms with Crippen molar-refractivity contribution in [3.8, 4) is 0 Å². The second-order valence-corrected chi connectivity index (χ2v) is 4.50. The fourth-order valence-electron chi connectivity index (χ4n) is 1.29. The summed E-state index contributed by atoms with van der Waals surface area (Å²) in [5.74, 6) is 6.10. The van der Waals surface area contributed by atoms with Crippen molar-refractivity contribution >= 4 is 17.3 Å². The molecule has 96 valence electrons. The number of aromatic nitrogens is 1. The lowest BCUT2D eigenvalue weighted by Gasteiger charge is -2.20. The van der Waals surface area contributed by atoms with Crippen LogP contribution >= 0.6 is 11.3 Å². The number of guanidine groups is 1. The van der Waals surface area contributed by atoms with E-state index < -0.39 is 0 Å². The van der Waals surface area contributed by atoms with Crippen LogP contribution in [0.1, 0.15) is 10.6 Å². The van der Waals surface area contributed by atoms with Gasteiger partial charge in [-0.25, -0.2) is 15.8 Å². The van der Waals surface area contributed by atoms with E-state index in [1.807, 2.05) is 24.4 Å². The molecule has 0 amide bonds. The summed E-state index contributed by atoms with van der Waals surface area (Å²) >= 11 is 1.63. The van der Waals surface area contributed by atoms with Gasteiger partial charge in [-0.05, 0) is 6.92 Å². The molecule has 7 heteroatoms. The van der Waals surface area contributed by atoms with Gasteiger partial charge in [0, 0.05) is 19.0 Å². The van der Waals surface area contributed by atoms with Gasteiger partial charge in [-0.2, -0.15) is 0 Å². The standard InChI is InChI=1S/C10H19N5OS/c1-8-9(17-7-13-8)6-15(2)10(14-11)12-4-5-16-3/h7H,4-6,11H2,1-3H3,(H,12,14). The molecule has 0 saturated carbocycles. The Labute approximate surface area is 105 Å². The molecule has 3 N–H and O–H groups in total. The second kappa shape index (κ2) is 7.21. The fraction of sp³-hybridized carbons (Fsp3) is 0.600. The summed E-state index contributed by atoms with van der Waals surface area (Å²) in [5, 5.41) is 0. The Kier molecular flexibility index (Phi) is 5.88. The third-order valence-electron chi connectivity index (χ3n) is 2.27. The first kappa shape index (κ1) is 13.9. The van der Waals surface area contributed by atoms with E-state index in [0.29, 0.717) is 19.1 Å². The molecule has 0 aromatic carbocycles. The second-order valence-electron chi connectivity index (χ2n) is 3.56. The zero-order chi connectivity index (χ0) is 12.7. The van der Waals surface area contributed by atoms with Crippen molar-refractivity contribution in [2.45, 2.75) is 13.5 Å². The molecule has 0 saturated heterocycles. The van der Waals surface area contributed by atoms with Crippen LogP contribution in [0.5, 0.6) is 0 Å². The number of nitrogens with two attached hydrogens (primary N) is 1. The first-order chi connectivity index (χ1) is 8.19. The van der Waals surface area contributed by atoms with Gasteiger partial charge in [-0.1, -0.05) is 0 Å². The van der Waals surface area contributed by atoms with Crippen LogP contribution in [0, 0.1) is 6.92 Å². The Morgan fingerprint density at radius 1 is 1.71 bits per heavy atom. The molecular formula is C10H19N5OS. The minimum atomic E-state index is 0.582. The number of aryl methyl sites for hydroxylation is 1. The van der Waals surface area contributed by atoms with Gasteiger partial charge < -0.3 is 9.64 Å². The molecule has 0 fully saturated rings. The predicted molar refractivity (Wildman–Crippen MR) is 69.8 cm³/mol. The van der Waals surface area contributed by atoms with Crippen LogP contribution in [0.3, 0.4) is 0 Å². The highest BCUT2D eigenvalue weighted by molar-refractivity contribution is 7.09. The SMILES string of the molecule is COCCN=C(NN)N(C)Cc1scnc1C. The zero-order valence-corrected chi connectivity index (χ0v) is 11.3. The van der Waals surface area contributed by atoms with Gasteiger partial charge in [0.05, 0.1) is 30.9 Å². The minimum absolute atomic E-state index is 0.582. The van der Waals surface area contributed by atoms with Gasteiger partial charge in [-0.3, -0.25) is 5.43 Å². The molecule has 0 unspecified atom stereocenters. The largest absolute Gasteiger partial charge is 0.383 e. The molecule has 0 spiro atoms. The molecule has 0 atom stereocenters. The molecule has 0 radical (unpaired) electrons.